The third-order valence-electron chi connectivity index (χ3n) is 7.47. The smallest absolute Gasteiger partial charge is 0.312 e. The van der Waals surface area contributed by atoms with Gasteiger partial charge in [0.1, 0.15) is 17.3 Å². The first-order valence-electron chi connectivity index (χ1n) is 11.1. The number of ether oxygens (including phenoxy) is 2. The first kappa shape index (κ1) is 21.0. The van der Waals surface area contributed by atoms with Crippen molar-refractivity contribution in [2.75, 3.05) is 19.0 Å². The second kappa shape index (κ2) is 7.60. The minimum absolute atomic E-state index is 0.280. The van der Waals surface area contributed by atoms with E-state index < -0.39 is 11.3 Å². The summed E-state index contributed by atoms with van der Waals surface area (Å²) >= 11 is 0. The van der Waals surface area contributed by atoms with Gasteiger partial charge in [0.15, 0.2) is 12.4 Å². The minimum atomic E-state index is -0.665. The first-order valence-corrected chi connectivity index (χ1v) is 11.1. The fourth-order valence-corrected chi connectivity index (χ4v) is 6.76. The second-order valence-corrected chi connectivity index (χ2v) is 9.81. The Kier molecular flexibility index (Phi) is 4.98. The van der Waals surface area contributed by atoms with Crippen molar-refractivity contribution in [3.05, 3.63) is 41.4 Å². The molecular weight excluding hydrogens is 415 g/mol. The highest BCUT2D eigenvalue weighted by molar-refractivity contribution is 5.92. The summed E-state index contributed by atoms with van der Waals surface area (Å²) in [7, 11) is 1.52. The lowest BCUT2D eigenvalue weighted by Crippen LogP contribution is -2.57. The van der Waals surface area contributed by atoms with Crippen LogP contribution in [0.1, 0.15) is 49.8 Å². The zero-order valence-electron chi connectivity index (χ0n) is 18.3. The highest BCUT2D eigenvalue weighted by Gasteiger charge is 2.62. The van der Waals surface area contributed by atoms with Gasteiger partial charge in [0, 0.05) is 12.1 Å². The van der Waals surface area contributed by atoms with E-state index in [4.69, 9.17) is 14.0 Å². The van der Waals surface area contributed by atoms with E-state index in [0.29, 0.717) is 35.3 Å². The van der Waals surface area contributed by atoms with Crippen LogP contribution in [-0.4, -0.2) is 30.7 Å². The topological polar surface area (TPSA) is 90.7 Å². The minimum Gasteiger partial charge on any atom is -0.497 e. The Morgan fingerprint density at radius 3 is 2.59 bits per heavy atom. The first-order chi connectivity index (χ1) is 15.3. The molecule has 0 radical (unpaired) electrons. The Labute approximate surface area is 185 Å². The molecule has 1 aromatic carbocycles. The van der Waals surface area contributed by atoms with Gasteiger partial charge >= 0.3 is 5.97 Å². The van der Waals surface area contributed by atoms with Crippen molar-refractivity contribution in [1.29, 1.82) is 0 Å². The van der Waals surface area contributed by atoms with E-state index in [9.17, 15) is 9.59 Å². The van der Waals surface area contributed by atoms with Crippen LogP contribution >= 0.6 is 0 Å². The molecule has 1 amide bonds. The van der Waals surface area contributed by atoms with Gasteiger partial charge in [-0.1, -0.05) is 11.2 Å². The molecule has 170 valence electrons. The third-order valence-corrected chi connectivity index (χ3v) is 7.47. The van der Waals surface area contributed by atoms with Crippen LogP contribution in [0.2, 0.25) is 0 Å². The van der Waals surface area contributed by atoms with Crippen LogP contribution in [0, 0.1) is 30.0 Å². The van der Waals surface area contributed by atoms with Crippen LogP contribution in [0.4, 0.5) is 10.2 Å². The average molecular weight is 442 g/mol. The Morgan fingerprint density at radius 1 is 1.22 bits per heavy atom. The van der Waals surface area contributed by atoms with E-state index in [0.717, 1.165) is 32.1 Å². The van der Waals surface area contributed by atoms with E-state index in [2.05, 4.69) is 10.5 Å². The molecule has 4 saturated carbocycles. The summed E-state index contributed by atoms with van der Waals surface area (Å²) in [5, 5.41) is 6.27. The Hall–Kier alpha value is -2.90. The molecule has 1 N–H and O–H groups in total. The molecule has 2 aromatic rings. The molecule has 4 aliphatic carbocycles. The molecule has 1 heterocycles. The van der Waals surface area contributed by atoms with Gasteiger partial charge in [0.25, 0.3) is 5.91 Å². The molecular formula is C24H27FN2O5. The molecule has 4 bridgehead atoms. The lowest BCUT2D eigenvalue weighted by molar-refractivity contribution is -0.175. The van der Waals surface area contributed by atoms with E-state index in [-0.39, 0.29) is 29.6 Å². The van der Waals surface area contributed by atoms with Crippen LogP contribution in [-0.2, 0) is 19.7 Å². The van der Waals surface area contributed by atoms with E-state index in [1.165, 1.54) is 13.2 Å². The molecule has 1 aromatic heterocycles. The van der Waals surface area contributed by atoms with Crippen molar-refractivity contribution in [1.82, 2.24) is 5.16 Å². The number of aromatic nitrogens is 1. The highest BCUT2D eigenvalue weighted by atomic mass is 19.1. The van der Waals surface area contributed by atoms with Crippen molar-refractivity contribution >= 4 is 17.7 Å². The number of nitrogens with one attached hydrogen (secondary N) is 1. The molecule has 8 heteroatoms. The summed E-state index contributed by atoms with van der Waals surface area (Å²) in [5.41, 5.74) is -0.370. The molecule has 32 heavy (non-hydrogen) atoms. The zero-order chi connectivity index (χ0) is 22.5. The molecule has 7 nitrogen and oxygen atoms in total. The van der Waals surface area contributed by atoms with Gasteiger partial charge in [0.05, 0.1) is 12.5 Å². The number of carbonyl (C=O) groups is 2. The number of aryl methyl sites for hydroxylation is 1. The van der Waals surface area contributed by atoms with Gasteiger partial charge in [-0.15, -0.1) is 0 Å². The summed E-state index contributed by atoms with van der Waals surface area (Å²) in [6.45, 7) is 1.34. The van der Waals surface area contributed by atoms with E-state index in [1.54, 1.807) is 19.1 Å². The standard InChI is InChI=1S/C24H27FN2O5/c1-14-5-20(27-32-14)26-21(28)12-31-22(29)24-10-15-6-16(11-24)9-23(8-15,13-24)18-4-3-17(30-2)7-19(18)25/h3-5,7,15-16H,6,8-13H2,1-2H3,(H,26,27,28). The number of carbonyl (C=O) groups excluding carboxylic acids is 2. The SMILES string of the molecule is COc1ccc(C23CC4CC(CC(C(=O)OCC(=O)Nc5cc(C)on5)(C4)C2)C3)c(F)c1. The molecule has 0 saturated heterocycles. The van der Waals surface area contributed by atoms with Crippen molar-refractivity contribution in [2.45, 2.75) is 50.9 Å². The number of hydrogen-bond acceptors (Lipinski definition) is 6. The van der Waals surface area contributed by atoms with E-state index in [1.807, 2.05) is 6.07 Å². The molecule has 4 fully saturated rings. The maximum atomic E-state index is 15.1. The van der Waals surface area contributed by atoms with Gasteiger partial charge in [-0.05, 0) is 74.3 Å². The van der Waals surface area contributed by atoms with Gasteiger partial charge in [-0.25, -0.2) is 4.39 Å². The summed E-state index contributed by atoms with van der Waals surface area (Å²) in [6, 6.07) is 6.62. The van der Waals surface area contributed by atoms with Crippen LogP contribution in [0.5, 0.6) is 5.75 Å². The number of hydrogen-bond donors (Lipinski definition) is 1. The Morgan fingerprint density at radius 2 is 1.97 bits per heavy atom. The van der Waals surface area contributed by atoms with Crippen molar-refractivity contribution in [3.8, 4) is 5.75 Å². The summed E-state index contributed by atoms with van der Waals surface area (Å²) in [4.78, 5) is 25.5. The van der Waals surface area contributed by atoms with Gasteiger partial charge in [0.2, 0.25) is 0 Å². The Balaban J connectivity index is 1.33. The van der Waals surface area contributed by atoms with Gasteiger partial charge in [-0.3, -0.25) is 9.59 Å². The maximum Gasteiger partial charge on any atom is 0.312 e. The number of nitrogens with zero attached hydrogens (tertiary/aromatic N) is 1. The van der Waals surface area contributed by atoms with Crippen LogP contribution in [0.25, 0.3) is 0 Å². The number of esters is 1. The van der Waals surface area contributed by atoms with Crippen molar-refractivity contribution < 1.29 is 28.0 Å². The number of anilines is 1. The number of halogens is 1. The average Bonchev–Trinajstić information content (AvgIpc) is 3.15. The predicted molar refractivity (Wildman–Crippen MR) is 113 cm³/mol. The molecule has 0 spiro atoms. The Bertz CT molecular complexity index is 1050. The number of methoxy groups -OCH3 is 1. The number of amides is 1. The molecule has 2 unspecified atom stereocenters. The third kappa shape index (κ3) is 3.55. The lowest BCUT2D eigenvalue weighted by atomic mass is 9.43. The maximum absolute atomic E-state index is 15.1. The molecule has 6 rings (SSSR count). The summed E-state index contributed by atoms with van der Waals surface area (Å²) in [5.74, 6) is 0.961. The normalized spacial score (nSPS) is 30.2. The van der Waals surface area contributed by atoms with Crippen molar-refractivity contribution in [2.24, 2.45) is 17.3 Å². The number of rotatable bonds is 6. The predicted octanol–water partition coefficient (Wildman–Crippen LogP) is 4.15. The van der Waals surface area contributed by atoms with Crippen LogP contribution in [0.15, 0.2) is 28.8 Å². The quantitative estimate of drug-likeness (QED) is 0.676. The fourth-order valence-electron chi connectivity index (χ4n) is 6.76. The van der Waals surface area contributed by atoms with Crippen molar-refractivity contribution in [3.63, 3.8) is 0 Å². The van der Waals surface area contributed by atoms with Gasteiger partial charge < -0.3 is 19.3 Å². The largest absolute Gasteiger partial charge is 0.497 e. The summed E-state index contributed by atoms with van der Waals surface area (Å²) in [6.07, 6.45) is 4.87. The van der Waals surface area contributed by atoms with Gasteiger partial charge in [-0.2, -0.15) is 0 Å². The lowest BCUT2D eigenvalue weighted by Gasteiger charge is -2.61. The molecule has 4 aliphatic rings. The van der Waals surface area contributed by atoms with Crippen LogP contribution in [0.3, 0.4) is 0 Å². The monoisotopic (exact) mass is 442 g/mol. The van der Waals surface area contributed by atoms with Crippen LogP contribution < -0.4 is 10.1 Å². The highest BCUT2D eigenvalue weighted by Crippen LogP contribution is 2.66. The summed E-state index contributed by atoms with van der Waals surface area (Å²) < 4.78 is 30.6. The number of benzene rings is 1. The molecule has 2 atom stereocenters. The second-order valence-electron chi connectivity index (χ2n) is 9.81. The fraction of sp³-hybridized carbons (Fsp3) is 0.542. The zero-order valence-corrected chi connectivity index (χ0v) is 18.3. The van der Waals surface area contributed by atoms with E-state index >= 15 is 4.39 Å². The molecule has 0 aliphatic heterocycles.